The summed E-state index contributed by atoms with van der Waals surface area (Å²) in [7, 11) is 0. The second-order valence-electron chi connectivity index (χ2n) is 5.92. The average Bonchev–Trinajstić information content (AvgIpc) is 3.12. The van der Waals surface area contributed by atoms with Gasteiger partial charge in [-0.15, -0.1) is 0 Å². The predicted molar refractivity (Wildman–Crippen MR) is 62.5 cm³/mol. The Hall–Kier alpha value is -0.900. The number of rotatable bonds is 2. The van der Waals surface area contributed by atoms with Crippen LogP contribution in [0.15, 0.2) is 4.52 Å². The van der Waals surface area contributed by atoms with Crippen molar-refractivity contribution in [1.82, 2.24) is 15.5 Å². The maximum absolute atomic E-state index is 5.51. The Bertz CT molecular complexity index is 411. The van der Waals surface area contributed by atoms with Gasteiger partial charge in [-0.3, -0.25) is 0 Å². The first kappa shape index (κ1) is 10.1. The monoisotopic (exact) mass is 233 g/mol. The van der Waals surface area contributed by atoms with Gasteiger partial charge in [0.05, 0.1) is 6.04 Å². The number of hydrogen-bond donors (Lipinski definition) is 1. The van der Waals surface area contributed by atoms with Crippen molar-refractivity contribution in [3.8, 4) is 0 Å². The first-order valence-electron chi connectivity index (χ1n) is 6.97. The van der Waals surface area contributed by atoms with Gasteiger partial charge in [-0.2, -0.15) is 4.98 Å². The summed E-state index contributed by atoms with van der Waals surface area (Å²) in [5.41, 5.74) is 0. The van der Waals surface area contributed by atoms with E-state index < -0.39 is 0 Å². The first-order valence-corrected chi connectivity index (χ1v) is 6.97. The maximum atomic E-state index is 5.51. The molecule has 2 aliphatic carbocycles. The van der Waals surface area contributed by atoms with E-state index in [4.69, 9.17) is 4.52 Å². The van der Waals surface area contributed by atoms with E-state index in [1.807, 2.05) is 0 Å². The van der Waals surface area contributed by atoms with E-state index in [9.17, 15) is 0 Å². The second kappa shape index (κ2) is 3.80. The molecule has 3 aliphatic rings. The summed E-state index contributed by atoms with van der Waals surface area (Å²) in [6.45, 7) is 1.09. The van der Waals surface area contributed by atoms with Gasteiger partial charge in [-0.25, -0.2) is 0 Å². The van der Waals surface area contributed by atoms with E-state index in [-0.39, 0.29) is 0 Å². The average molecular weight is 233 g/mol. The topological polar surface area (TPSA) is 51.0 Å². The van der Waals surface area contributed by atoms with Gasteiger partial charge in [0.25, 0.3) is 0 Å². The third-order valence-corrected chi connectivity index (χ3v) is 4.88. The minimum atomic E-state index is 0.339. The number of aromatic nitrogens is 2. The van der Waals surface area contributed by atoms with E-state index in [0.29, 0.717) is 12.0 Å². The van der Waals surface area contributed by atoms with Gasteiger partial charge in [0.15, 0.2) is 5.82 Å². The Labute approximate surface area is 101 Å². The summed E-state index contributed by atoms with van der Waals surface area (Å²) in [6, 6.07) is 0.339. The fourth-order valence-corrected chi connectivity index (χ4v) is 3.99. The molecule has 4 rings (SSSR count). The van der Waals surface area contributed by atoms with Crippen molar-refractivity contribution in [2.24, 2.45) is 11.8 Å². The van der Waals surface area contributed by atoms with Gasteiger partial charge < -0.3 is 9.84 Å². The van der Waals surface area contributed by atoms with Crippen LogP contribution in [0.2, 0.25) is 0 Å². The van der Waals surface area contributed by atoms with E-state index in [1.165, 1.54) is 32.1 Å². The number of fused-ring (bicyclic) bond motifs is 2. The van der Waals surface area contributed by atoms with E-state index in [0.717, 1.165) is 36.5 Å². The molecule has 4 atom stereocenters. The smallest absolute Gasteiger partial charge is 0.230 e. The van der Waals surface area contributed by atoms with Gasteiger partial charge in [0, 0.05) is 5.92 Å². The first-order chi connectivity index (χ1) is 8.40. The standard InChI is InChI=1S/C13H19N3O/c1-2-11(14-5-1)12-15-13(17-16-12)10-7-8-3-4-9(10)6-8/h8-11,14H,1-7H2. The lowest BCUT2D eigenvalue weighted by Crippen LogP contribution is -2.14. The van der Waals surface area contributed by atoms with Gasteiger partial charge in [0.2, 0.25) is 5.89 Å². The molecule has 1 saturated heterocycles. The fraction of sp³-hybridized carbons (Fsp3) is 0.846. The van der Waals surface area contributed by atoms with Crippen LogP contribution in [0, 0.1) is 11.8 Å². The quantitative estimate of drug-likeness (QED) is 0.852. The Morgan fingerprint density at radius 3 is 2.88 bits per heavy atom. The van der Waals surface area contributed by atoms with Crippen LogP contribution in [0.25, 0.3) is 0 Å². The molecule has 2 bridgehead atoms. The fourth-order valence-electron chi connectivity index (χ4n) is 3.99. The largest absolute Gasteiger partial charge is 0.339 e. The normalized spacial score (nSPS) is 40.2. The van der Waals surface area contributed by atoms with Crippen molar-refractivity contribution in [3.05, 3.63) is 11.7 Å². The number of nitrogens with zero attached hydrogens (tertiary/aromatic N) is 2. The van der Waals surface area contributed by atoms with Crippen LogP contribution in [-0.4, -0.2) is 16.7 Å². The van der Waals surface area contributed by atoms with Crippen molar-refractivity contribution >= 4 is 0 Å². The minimum absolute atomic E-state index is 0.339. The van der Waals surface area contributed by atoms with Crippen molar-refractivity contribution in [3.63, 3.8) is 0 Å². The van der Waals surface area contributed by atoms with Crippen LogP contribution in [0.3, 0.4) is 0 Å². The molecule has 2 heterocycles. The molecule has 2 saturated carbocycles. The summed E-state index contributed by atoms with van der Waals surface area (Å²) in [6.07, 6.45) is 7.84. The SMILES string of the molecule is C1CNC(c2noc(C3CC4CCC3C4)n2)C1. The van der Waals surface area contributed by atoms with E-state index in [1.54, 1.807) is 0 Å². The van der Waals surface area contributed by atoms with Crippen molar-refractivity contribution < 1.29 is 4.52 Å². The summed E-state index contributed by atoms with van der Waals surface area (Å²) in [4.78, 5) is 4.65. The van der Waals surface area contributed by atoms with Crippen LogP contribution in [0.5, 0.6) is 0 Å². The molecule has 17 heavy (non-hydrogen) atoms. The van der Waals surface area contributed by atoms with Crippen molar-refractivity contribution in [2.75, 3.05) is 6.54 Å². The Morgan fingerprint density at radius 2 is 2.18 bits per heavy atom. The van der Waals surface area contributed by atoms with Crippen LogP contribution in [0.1, 0.15) is 62.2 Å². The molecule has 4 unspecified atom stereocenters. The Morgan fingerprint density at radius 1 is 1.18 bits per heavy atom. The van der Waals surface area contributed by atoms with Crippen molar-refractivity contribution in [1.29, 1.82) is 0 Å². The molecule has 4 heteroatoms. The highest BCUT2D eigenvalue weighted by Crippen LogP contribution is 2.52. The summed E-state index contributed by atoms with van der Waals surface area (Å²) < 4.78 is 5.51. The highest BCUT2D eigenvalue weighted by molar-refractivity contribution is 5.06. The lowest BCUT2D eigenvalue weighted by molar-refractivity contribution is 0.299. The molecule has 4 nitrogen and oxygen atoms in total. The molecule has 1 N–H and O–H groups in total. The maximum Gasteiger partial charge on any atom is 0.230 e. The van der Waals surface area contributed by atoms with Gasteiger partial charge in [-0.05, 0) is 50.5 Å². The molecule has 92 valence electrons. The van der Waals surface area contributed by atoms with Crippen LogP contribution >= 0.6 is 0 Å². The molecule has 1 aromatic rings. The van der Waals surface area contributed by atoms with E-state index in [2.05, 4.69) is 15.5 Å². The third kappa shape index (κ3) is 1.61. The zero-order valence-corrected chi connectivity index (χ0v) is 10.1. The highest BCUT2D eigenvalue weighted by Gasteiger charge is 2.43. The van der Waals surface area contributed by atoms with Crippen LogP contribution < -0.4 is 5.32 Å². The molecular weight excluding hydrogens is 214 g/mol. The van der Waals surface area contributed by atoms with Gasteiger partial charge in [0.1, 0.15) is 0 Å². The lowest BCUT2D eigenvalue weighted by Gasteiger charge is -2.17. The van der Waals surface area contributed by atoms with E-state index >= 15 is 0 Å². The molecule has 1 aliphatic heterocycles. The number of hydrogen-bond acceptors (Lipinski definition) is 4. The lowest BCUT2D eigenvalue weighted by atomic mass is 9.89. The molecule has 0 aromatic carbocycles. The molecular formula is C13H19N3O. The summed E-state index contributed by atoms with van der Waals surface area (Å²) in [5.74, 6) is 4.13. The predicted octanol–water partition coefficient (Wildman–Crippen LogP) is 2.40. The molecule has 1 aromatic heterocycles. The highest BCUT2D eigenvalue weighted by atomic mass is 16.5. The number of nitrogens with one attached hydrogen (secondary N) is 1. The summed E-state index contributed by atoms with van der Waals surface area (Å²) in [5, 5.41) is 7.60. The zero-order chi connectivity index (χ0) is 11.2. The van der Waals surface area contributed by atoms with Gasteiger partial charge in [-0.1, -0.05) is 11.6 Å². The minimum Gasteiger partial charge on any atom is -0.339 e. The molecule has 0 spiro atoms. The van der Waals surface area contributed by atoms with Crippen molar-refractivity contribution in [2.45, 2.75) is 50.5 Å². The molecule has 0 amide bonds. The summed E-state index contributed by atoms with van der Waals surface area (Å²) >= 11 is 0. The Balaban J connectivity index is 1.54. The molecule has 3 fully saturated rings. The zero-order valence-electron chi connectivity index (χ0n) is 10.1. The Kier molecular flexibility index (Phi) is 2.25. The van der Waals surface area contributed by atoms with Crippen LogP contribution in [-0.2, 0) is 0 Å². The van der Waals surface area contributed by atoms with Crippen LogP contribution in [0.4, 0.5) is 0 Å². The third-order valence-electron chi connectivity index (χ3n) is 4.88. The molecule has 0 radical (unpaired) electrons. The van der Waals surface area contributed by atoms with Gasteiger partial charge >= 0.3 is 0 Å². The second-order valence-corrected chi connectivity index (χ2v) is 5.92.